The molecule has 15 atom stereocenters. The summed E-state index contributed by atoms with van der Waals surface area (Å²) < 4.78 is 37.8. The van der Waals surface area contributed by atoms with Gasteiger partial charge in [-0.2, -0.15) is 0 Å². The van der Waals surface area contributed by atoms with Gasteiger partial charge in [0.25, 0.3) is 5.91 Å². The van der Waals surface area contributed by atoms with Crippen molar-refractivity contribution in [2.24, 2.45) is 29.6 Å². The molecular formula is C49H85NO12Si. The largest absolute Gasteiger partial charge is 0.456 e. The number of esters is 1. The van der Waals surface area contributed by atoms with Crippen LogP contribution in [-0.4, -0.2) is 135 Å². The van der Waals surface area contributed by atoms with Crippen LogP contribution in [0.1, 0.15) is 133 Å². The van der Waals surface area contributed by atoms with Crippen LogP contribution in [0.3, 0.4) is 0 Å². The normalized spacial score (nSPS) is 40.0. The van der Waals surface area contributed by atoms with Crippen molar-refractivity contribution in [2.45, 2.75) is 212 Å². The van der Waals surface area contributed by atoms with Gasteiger partial charge in [-0.15, -0.1) is 0 Å². The van der Waals surface area contributed by atoms with E-state index in [1.54, 1.807) is 28.3 Å². The lowest BCUT2D eigenvalue weighted by Crippen LogP contribution is -2.66. The van der Waals surface area contributed by atoms with Gasteiger partial charge in [-0.1, -0.05) is 67.5 Å². The zero-order chi connectivity index (χ0) is 47.2. The van der Waals surface area contributed by atoms with E-state index in [1.807, 2.05) is 20.8 Å². The van der Waals surface area contributed by atoms with Crippen LogP contribution in [0, 0.1) is 29.6 Å². The van der Waals surface area contributed by atoms with Crippen LogP contribution in [0.15, 0.2) is 23.3 Å². The van der Waals surface area contributed by atoms with E-state index in [4.69, 9.17) is 28.1 Å². The van der Waals surface area contributed by atoms with E-state index < -0.39 is 86.6 Å². The smallest absolute Gasteiger partial charge is 0.329 e. The number of nitrogens with zero attached hydrogens (tertiary/aromatic N) is 1. The number of hydrogen-bond donors (Lipinski definition) is 3. The number of hydrogen-bond acceptors (Lipinski definition) is 12. The van der Waals surface area contributed by atoms with Gasteiger partial charge in [-0.3, -0.25) is 9.59 Å². The molecule has 3 aliphatic heterocycles. The van der Waals surface area contributed by atoms with Gasteiger partial charge in [0.05, 0.1) is 30.5 Å². The van der Waals surface area contributed by atoms with Crippen LogP contribution in [-0.2, 0) is 42.5 Å². The molecule has 3 heterocycles. The first-order valence-electron chi connectivity index (χ1n) is 23.9. The highest BCUT2D eigenvalue weighted by molar-refractivity contribution is 6.74. The summed E-state index contributed by atoms with van der Waals surface area (Å²) in [6, 6.07) is -1.05. The number of ketones is 1. The van der Waals surface area contributed by atoms with Gasteiger partial charge < -0.3 is 48.3 Å². The van der Waals surface area contributed by atoms with Gasteiger partial charge in [0.1, 0.15) is 18.2 Å². The minimum atomic E-state index is -2.51. The second-order valence-corrected chi connectivity index (χ2v) is 25.9. The molecule has 1 aliphatic carbocycles. The Kier molecular flexibility index (Phi) is 19.3. The molecule has 2 saturated heterocycles. The van der Waals surface area contributed by atoms with Crippen molar-refractivity contribution >= 4 is 26.0 Å². The van der Waals surface area contributed by atoms with E-state index in [9.17, 15) is 29.7 Å². The Morgan fingerprint density at radius 1 is 0.905 bits per heavy atom. The van der Waals surface area contributed by atoms with Gasteiger partial charge >= 0.3 is 5.97 Å². The minimum absolute atomic E-state index is 0.00544. The van der Waals surface area contributed by atoms with Crippen LogP contribution < -0.4 is 0 Å². The first-order valence-corrected chi connectivity index (χ1v) is 26.8. The van der Waals surface area contributed by atoms with Crippen molar-refractivity contribution in [3.63, 3.8) is 0 Å². The number of fused-ring (bicyclic) bond motifs is 3. The zero-order valence-electron chi connectivity index (χ0n) is 41.2. The first-order chi connectivity index (χ1) is 29.4. The fraction of sp³-hybridized carbons (Fsp3) is 0.857. The van der Waals surface area contributed by atoms with E-state index >= 15 is 0 Å². The van der Waals surface area contributed by atoms with Crippen LogP contribution >= 0.6 is 0 Å². The fourth-order valence-electron chi connectivity index (χ4n) is 10.3. The molecule has 3 unspecified atom stereocenters. The number of methoxy groups -OCH3 is 3. The molecule has 0 aromatic rings. The highest BCUT2D eigenvalue weighted by Crippen LogP contribution is 2.42. The molecule has 0 spiro atoms. The Balaban J connectivity index is 1.88. The molecule has 3 fully saturated rings. The lowest BCUT2D eigenvalue weighted by molar-refractivity contribution is -0.346. The number of ether oxygens (including phenoxy) is 5. The highest BCUT2D eigenvalue weighted by Gasteiger charge is 2.56. The Hall–Kier alpha value is -2.01. The molecule has 1 amide bonds. The molecule has 0 aromatic heterocycles. The SMILES string of the molecule is CC/C1=C\C(C)C[C@H](C)C[C@H](OC)[C@H]2O[C@@](O)(C(O)C(=O)N3CCCC[C@H]3C(=O)O[C@H](C(C)=CC3CC[C@@H](O)[C@H](OC)C3)[C@@H](C)[C@@H](O[Si](C)(C)C(C)(C)C)CC1=O)[C@H](C)C[C@@H]2OC. The lowest BCUT2D eigenvalue weighted by atomic mass is 9.81. The van der Waals surface area contributed by atoms with Gasteiger partial charge in [-0.05, 0) is 118 Å². The Labute approximate surface area is 380 Å². The van der Waals surface area contributed by atoms with Crippen LogP contribution in [0.2, 0.25) is 18.1 Å². The summed E-state index contributed by atoms with van der Waals surface area (Å²) in [5.74, 6) is -4.79. The molecule has 14 heteroatoms. The summed E-state index contributed by atoms with van der Waals surface area (Å²) in [6.45, 7) is 22.9. The Morgan fingerprint density at radius 2 is 1.54 bits per heavy atom. The minimum Gasteiger partial charge on any atom is -0.456 e. The molecule has 362 valence electrons. The summed E-state index contributed by atoms with van der Waals surface area (Å²) in [7, 11) is 2.25. The third kappa shape index (κ3) is 12.9. The molecule has 63 heavy (non-hydrogen) atoms. The van der Waals surface area contributed by atoms with E-state index in [0.717, 1.165) is 24.0 Å². The number of aliphatic hydroxyl groups is 3. The number of piperidine rings is 1. The molecule has 0 aromatic carbocycles. The summed E-state index contributed by atoms with van der Waals surface area (Å²) >= 11 is 0. The van der Waals surface area contributed by atoms with Gasteiger partial charge in [0.2, 0.25) is 5.79 Å². The predicted octanol–water partition coefficient (Wildman–Crippen LogP) is 7.29. The van der Waals surface area contributed by atoms with E-state index in [2.05, 4.69) is 59.9 Å². The molecular weight excluding hydrogens is 823 g/mol. The fourth-order valence-corrected chi connectivity index (χ4v) is 11.7. The summed E-state index contributed by atoms with van der Waals surface area (Å²) in [6.07, 6.45) is 3.59. The quantitative estimate of drug-likeness (QED) is 0.127. The summed E-state index contributed by atoms with van der Waals surface area (Å²) in [4.78, 5) is 45.3. The van der Waals surface area contributed by atoms with Crippen molar-refractivity contribution in [2.75, 3.05) is 27.9 Å². The summed E-state index contributed by atoms with van der Waals surface area (Å²) in [5.41, 5.74) is 1.51. The second kappa shape index (κ2) is 22.7. The number of cyclic esters (lactones) is 1. The third-order valence-corrected chi connectivity index (χ3v) is 19.8. The topological polar surface area (TPSA) is 171 Å². The number of carbonyl (C=O) groups is 3. The lowest BCUT2D eigenvalue weighted by Gasteiger charge is -2.49. The zero-order valence-corrected chi connectivity index (χ0v) is 42.2. The van der Waals surface area contributed by atoms with Crippen molar-refractivity contribution < 1.29 is 57.8 Å². The highest BCUT2D eigenvalue weighted by atomic mass is 28.4. The maximum Gasteiger partial charge on any atom is 0.329 e. The van der Waals surface area contributed by atoms with Gasteiger partial charge in [-0.25, -0.2) is 4.79 Å². The number of rotatable bonds is 8. The Morgan fingerprint density at radius 3 is 2.14 bits per heavy atom. The van der Waals surface area contributed by atoms with E-state index in [1.165, 1.54) is 4.90 Å². The molecule has 4 aliphatic rings. The van der Waals surface area contributed by atoms with E-state index in [0.29, 0.717) is 44.9 Å². The van der Waals surface area contributed by atoms with Crippen molar-refractivity contribution in [1.82, 2.24) is 4.90 Å². The maximum absolute atomic E-state index is 14.8. The standard InChI is InChI=1S/C49H85NO12Si/c1-15-35-23-29(2)22-30(3)24-41(58-11)44-42(59-12)26-32(5)49(56,61-44)45(53)46(54)50-21-17-16-18-36(50)47(55)60-43(31(4)25-34-19-20-37(51)40(27-34)57-10)33(6)39(28-38(35)52)62-63(13,14)48(7,8)9/h23,25,29-30,32-34,36-37,39-45,51,53,56H,15-22,24,26-28H2,1-14H3/b31-25?,35-23+/t29?,30-,32+,33-,34?,36-,37+,39-,40+,41-,42-,43+,44+,45?,49+/m0/s1. The molecule has 3 N–H and O–H groups in total. The predicted molar refractivity (Wildman–Crippen MR) is 245 cm³/mol. The molecule has 1 saturated carbocycles. The second-order valence-electron chi connectivity index (χ2n) is 21.2. The average Bonchev–Trinajstić information content (AvgIpc) is 3.23. The molecule has 2 bridgehead atoms. The first kappa shape index (κ1) is 53.6. The monoisotopic (exact) mass is 908 g/mol. The number of amides is 1. The van der Waals surface area contributed by atoms with Crippen LogP contribution in [0.5, 0.6) is 0 Å². The van der Waals surface area contributed by atoms with E-state index in [-0.39, 0.29) is 54.1 Å². The molecule has 13 nitrogen and oxygen atoms in total. The number of Topliss-reactive ketones (excluding diaryl/α,β-unsaturated/α-hetero) is 1. The average molecular weight is 908 g/mol. The third-order valence-electron chi connectivity index (χ3n) is 15.3. The van der Waals surface area contributed by atoms with Crippen LogP contribution in [0.4, 0.5) is 0 Å². The van der Waals surface area contributed by atoms with Gasteiger partial charge in [0.15, 0.2) is 20.2 Å². The van der Waals surface area contributed by atoms with Crippen molar-refractivity contribution in [3.05, 3.63) is 23.3 Å². The van der Waals surface area contributed by atoms with Crippen molar-refractivity contribution in [1.29, 1.82) is 0 Å². The number of aliphatic hydroxyl groups excluding tert-OH is 2. The number of allylic oxidation sites excluding steroid dienone is 3. The van der Waals surface area contributed by atoms with Gasteiger partial charge in [0, 0.05) is 46.1 Å². The molecule has 0 radical (unpaired) electrons. The summed E-state index contributed by atoms with van der Waals surface area (Å²) in [5, 5.41) is 34.7. The number of carbonyl (C=O) groups excluding carboxylic acids is 3. The van der Waals surface area contributed by atoms with Crippen molar-refractivity contribution in [3.8, 4) is 0 Å². The van der Waals surface area contributed by atoms with Crippen LogP contribution in [0.25, 0.3) is 0 Å². The Bertz CT molecular complexity index is 1600. The molecule has 4 rings (SSSR count). The maximum atomic E-state index is 14.8.